The van der Waals surface area contributed by atoms with E-state index in [4.69, 9.17) is 15.2 Å². The summed E-state index contributed by atoms with van der Waals surface area (Å²) in [5.74, 6) is 0.473. The van der Waals surface area contributed by atoms with Gasteiger partial charge in [0.25, 0.3) is 0 Å². The highest BCUT2D eigenvalue weighted by Gasteiger charge is 2.15. The van der Waals surface area contributed by atoms with E-state index >= 15 is 0 Å². The molecule has 0 spiro atoms. The van der Waals surface area contributed by atoms with Crippen LogP contribution in [0.4, 0.5) is 0 Å². The number of benzene rings is 1. The number of rotatable bonds is 9. The number of nitrogens with one attached hydrogen (secondary N) is 1. The Labute approximate surface area is 144 Å². The zero-order chi connectivity index (χ0) is 17.4. The van der Waals surface area contributed by atoms with Crippen LogP contribution in [-0.2, 0) is 14.3 Å². The Morgan fingerprint density at radius 1 is 1.33 bits per heavy atom. The average molecular weight is 334 g/mol. The van der Waals surface area contributed by atoms with Crippen molar-refractivity contribution in [1.82, 2.24) is 5.32 Å². The van der Waals surface area contributed by atoms with Gasteiger partial charge in [-0.25, -0.2) is 0 Å². The normalized spacial score (nSPS) is 18.8. The minimum atomic E-state index is -0.192. The van der Waals surface area contributed by atoms with Gasteiger partial charge in [0.1, 0.15) is 0 Å². The van der Waals surface area contributed by atoms with Crippen LogP contribution in [0.3, 0.4) is 0 Å². The highest BCUT2D eigenvalue weighted by molar-refractivity contribution is 5.76. The number of carbonyl (C=O) groups excluding carboxylic acids is 1. The number of carbonyl (C=O) groups is 1. The van der Waals surface area contributed by atoms with E-state index in [0.717, 1.165) is 25.0 Å². The van der Waals surface area contributed by atoms with Crippen molar-refractivity contribution in [2.24, 2.45) is 5.73 Å². The predicted octanol–water partition coefficient (Wildman–Crippen LogP) is 2.51. The van der Waals surface area contributed by atoms with E-state index in [-0.39, 0.29) is 18.1 Å². The first-order chi connectivity index (χ1) is 11.6. The largest absolute Gasteiger partial charge is 0.378 e. The van der Waals surface area contributed by atoms with E-state index in [1.807, 2.05) is 12.1 Å². The molecule has 1 aromatic rings. The molecule has 24 heavy (non-hydrogen) atoms. The van der Waals surface area contributed by atoms with Gasteiger partial charge in [-0.1, -0.05) is 38.1 Å². The van der Waals surface area contributed by atoms with Gasteiger partial charge in [-0.2, -0.15) is 0 Å². The quantitative estimate of drug-likeness (QED) is 0.681. The van der Waals surface area contributed by atoms with Crippen molar-refractivity contribution in [3.8, 4) is 0 Å². The maximum Gasteiger partial charge on any atom is 0.222 e. The summed E-state index contributed by atoms with van der Waals surface area (Å²) in [5.41, 5.74) is 8.47. The van der Waals surface area contributed by atoms with Crippen molar-refractivity contribution in [3.63, 3.8) is 0 Å². The fourth-order valence-electron chi connectivity index (χ4n) is 2.71. The number of ether oxygens (including phenoxy) is 2. The average Bonchev–Trinajstić information content (AvgIpc) is 3.10. The van der Waals surface area contributed by atoms with E-state index in [1.54, 1.807) is 0 Å². The van der Waals surface area contributed by atoms with Gasteiger partial charge in [0.05, 0.1) is 19.3 Å². The highest BCUT2D eigenvalue weighted by atomic mass is 16.5. The van der Waals surface area contributed by atoms with Gasteiger partial charge < -0.3 is 20.5 Å². The highest BCUT2D eigenvalue weighted by Crippen LogP contribution is 2.17. The Morgan fingerprint density at radius 2 is 2.04 bits per heavy atom. The maximum absolute atomic E-state index is 11.8. The summed E-state index contributed by atoms with van der Waals surface area (Å²) in [5, 5.41) is 2.87. The molecular formula is C19H30N2O3. The summed E-state index contributed by atoms with van der Waals surface area (Å²) in [6, 6.07) is 8.08. The maximum atomic E-state index is 11.8. The van der Waals surface area contributed by atoms with Crippen LogP contribution in [0.15, 0.2) is 24.3 Å². The third-order valence-electron chi connectivity index (χ3n) is 4.35. The molecule has 134 valence electrons. The lowest BCUT2D eigenvalue weighted by atomic mass is 9.99. The Hall–Kier alpha value is -1.43. The second-order valence-corrected chi connectivity index (χ2v) is 6.69. The lowest BCUT2D eigenvalue weighted by molar-refractivity contribution is -0.122. The summed E-state index contributed by atoms with van der Waals surface area (Å²) >= 11 is 0. The van der Waals surface area contributed by atoms with Gasteiger partial charge in [-0.05, 0) is 29.9 Å². The molecule has 0 radical (unpaired) electrons. The fraction of sp³-hybridized carbons (Fsp3) is 0.632. The van der Waals surface area contributed by atoms with E-state index in [1.165, 1.54) is 5.56 Å². The standard InChI is InChI=1S/C19H30N2O3/c1-14(2)15-5-7-16(8-6-15)18(20)12-21-19(22)9-11-23-13-17-4-3-10-24-17/h5-8,14,17-18H,3-4,9-13,20H2,1-2H3,(H,21,22). The van der Waals surface area contributed by atoms with Crippen molar-refractivity contribution in [2.75, 3.05) is 26.4 Å². The monoisotopic (exact) mass is 334 g/mol. The van der Waals surface area contributed by atoms with Crippen LogP contribution in [0.25, 0.3) is 0 Å². The molecule has 0 saturated carbocycles. The molecule has 1 aromatic carbocycles. The lowest BCUT2D eigenvalue weighted by Gasteiger charge is -2.15. The predicted molar refractivity (Wildman–Crippen MR) is 94.9 cm³/mol. The molecular weight excluding hydrogens is 304 g/mol. The molecule has 0 aliphatic carbocycles. The fourth-order valence-corrected chi connectivity index (χ4v) is 2.71. The third kappa shape index (κ3) is 6.23. The van der Waals surface area contributed by atoms with E-state index in [2.05, 4.69) is 31.3 Å². The molecule has 5 nitrogen and oxygen atoms in total. The minimum absolute atomic E-state index is 0.0309. The number of hydrogen-bond acceptors (Lipinski definition) is 4. The SMILES string of the molecule is CC(C)c1ccc(C(N)CNC(=O)CCOCC2CCCO2)cc1. The first kappa shape index (κ1) is 18.9. The van der Waals surface area contributed by atoms with Crippen LogP contribution in [-0.4, -0.2) is 38.4 Å². The van der Waals surface area contributed by atoms with Crippen LogP contribution < -0.4 is 11.1 Å². The molecule has 3 N–H and O–H groups in total. The van der Waals surface area contributed by atoms with Crippen LogP contribution in [0.5, 0.6) is 0 Å². The first-order valence-corrected chi connectivity index (χ1v) is 8.87. The van der Waals surface area contributed by atoms with E-state index in [0.29, 0.717) is 32.1 Å². The van der Waals surface area contributed by atoms with Crippen molar-refractivity contribution in [2.45, 2.75) is 51.2 Å². The van der Waals surface area contributed by atoms with E-state index in [9.17, 15) is 4.79 Å². The van der Waals surface area contributed by atoms with Gasteiger partial charge in [0.15, 0.2) is 0 Å². The minimum Gasteiger partial charge on any atom is -0.378 e. The summed E-state index contributed by atoms with van der Waals surface area (Å²) in [4.78, 5) is 11.8. The molecule has 1 aliphatic heterocycles. The summed E-state index contributed by atoms with van der Waals surface area (Å²) in [7, 11) is 0. The van der Waals surface area contributed by atoms with Crippen LogP contribution in [0, 0.1) is 0 Å². The third-order valence-corrected chi connectivity index (χ3v) is 4.35. The molecule has 0 bridgehead atoms. The molecule has 2 unspecified atom stereocenters. The molecule has 1 heterocycles. The van der Waals surface area contributed by atoms with Crippen LogP contribution in [0.2, 0.25) is 0 Å². The summed E-state index contributed by atoms with van der Waals surface area (Å²) < 4.78 is 11.0. The zero-order valence-corrected chi connectivity index (χ0v) is 14.8. The smallest absolute Gasteiger partial charge is 0.222 e. The summed E-state index contributed by atoms with van der Waals surface area (Å²) in [6.07, 6.45) is 2.71. The molecule has 1 amide bonds. The van der Waals surface area contributed by atoms with Crippen LogP contribution >= 0.6 is 0 Å². The molecule has 1 fully saturated rings. The molecule has 0 aromatic heterocycles. The number of amides is 1. The van der Waals surface area contributed by atoms with Crippen molar-refractivity contribution >= 4 is 5.91 Å². The van der Waals surface area contributed by atoms with Gasteiger partial charge in [0, 0.05) is 25.6 Å². The Kier molecular flexibility index (Phi) is 7.69. The topological polar surface area (TPSA) is 73.6 Å². The van der Waals surface area contributed by atoms with Crippen molar-refractivity contribution < 1.29 is 14.3 Å². The van der Waals surface area contributed by atoms with Crippen molar-refractivity contribution in [1.29, 1.82) is 0 Å². The van der Waals surface area contributed by atoms with Gasteiger partial charge in [-0.3, -0.25) is 4.79 Å². The van der Waals surface area contributed by atoms with Crippen LogP contribution in [0.1, 0.15) is 56.2 Å². The van der Waals surface area contributed by atoms with E-state index < -0.39 is 0 Å². The molecule has 2 atom stereocenters. The Morgan fingerprint density at radius 3 is 2.67 bits per heavy atom. The Balaban J connectivity index is 1.61. The molecule has 2 rings (SSSR count). The molecule has 5 heteroatoms. The Bertz CT molecular complexity index is 496. The number of nitrogens with two attached hydrogens (primary N) is 1. The first-order valence-electron chi connectivity index (χ1n) is 8.87. The number of hydrogen-bond donors (Lipinski definition) is 2. The lowest BCUT2D eigenvalue weighted by Crippen LogP contribution is -2.32. The van der Waals surface area contributed by atoms with Gasteiger partial charge in [-0.15, -0.1) is 0 Å². The van der Waals surface area contributed by atoms with Crippen molar-refractivity contribution in [3.05, 3.63) is 35.4 Å². The summed E-state index contributed by atoms with van der Waals surface area (Å²) in [6.45, 7) is 6.58. The van der Waals surface area contributed by atoms with Gasteiger partial charge >= 0.3 is 0 Å². The molecule has 1 saturated heterocycles. The zero-order valence-electron chi connectivity index (χ0n) is 14.8. The van der Waals surface area contributed by atoms with Gasteiger partial charge in [0.2, 0.25) is 5.91 Å². The second kappa shape index (κ2) is 9.77. The molecule has 1 aliphatic rings. The second-order valence-electron chi connectivity index (χ2n) is 6.69.